The second-order valence-corrected chi connectivity index (χ2v) is 3.31. The zero-order chi connectivity index (χ0) is 10.7. The molecule has 3 heteroatoms. The van der Waals surface area contributed by atoms with Crippen LogP contribution in [0.4, 0.5) is 0 Å². The molecule has 0 saturated carbocycles. The summed E-state index contributed by atoms with van der Waals surface area (Å²) in [4.78, 5) is 4.27. The third-order valence-electron chi connectivity index (χ3n) is 2.27. The van der Waals surface area contributed by atoms with E-state index in [1.807, 2.05) is 37.3 Å². The Morgan fingerprint density at radius 1 is 1.31 bits per heavy atom. The maximum atomic E-state index is 5.18. The summed E-state index contributed by atoms with van der Waals surface area (Å²) >= 11 is 0. The van der Waals surface area contributed by atoms with Crippen LogP contribution in [0.1, 0.15) is 5.56 Å². The number of nitrogens with zero attached hydrogens (tertiary/aromatic N) is 1. The van der Waals surface area contributed by atoms with Gasteiger partial charge in [-0.15, -0.1) is 23.8 Å². The Morgan fingerprint density at radius 2 is 2.12 bits per heavy atom. The number of pyridine rings is 1. The van der Waals surface area contributed by atoms with Crippen LogP contribution in [-0.4, -0.2) is 12.1 Å². The summed E-state index contributed by atoms with van der Waals surface area (Å²) in [6.45, 7) is 2.01. The molecule has 0 unspecified atom stereocenters. The Hall–Kier alpha value is -1.18. The van der Waals surface area contributed by atoms with Gasteiger partial charge in [0.2, 0.25) is 0 Å². The van der Waals surface area contributed by atoms with E-state index in [0.717, 1.165) is 22.6 Å². The molecular weight excluding hydrogens is 378 g/mol. The molecule has 1 heterocycles. The van der Waals surface area contributed by atoms with Gasteiger partial charge in [-0.2, -0.15) is 0 Å². The van der Waals surface area contributed by atoms with Crippen molar-refractivity contribution in [2.45, 2.75) is 6.92 Å². The van der Waals surface area contributed by atoms with Crippen molar-refractivity contribution < 1.29 is 24.8 Å². The number of hydrogen-bond acceptors (Lipinski definition) is 2. The second-order valence-electron chi connectivity index (χ2n) is 3.31. The minimum atomic E-state index is 0. The molecule has 0 N–H and O–H groups in total. The van der Waals surface area contributed by atoms with Gasteiger partial charge < -0.3 is 9.72 Å². The molecule has 16 heavy (non-hydrogen) atoms. The van der Waals surface area contributed by atoms with Gasteiger partial charge >= 0.3 is 0 Å². The van der Waals surface area contributed by atoms with Crippen molar-refractivity contribution in [3.05, 3.63) is 48.2 Å². The molecule has 0 aliphatic heterocycles. The van der Waals surface area contributed by atoms with Crippen molar-refractivity contribution in [3.63, 3.8) is 0 Å². The van der Waals surface area contributed by atoms with Gasteiger partial charge in [0.15, 0.2) is 0 Å². The molecule has 0 atom stereocenters. The zero-order valence-corrected chi connectivity index (χ0v) is 11.5. The molecule has 0 aliphatic rings. The smallest absolute Gasteiger partial charge is 0.0647 e. The molecule has 85 valence electrons. The number of aryl methyl sites for hydroxylation is 1. The van der Waals surface area contributed by atoms with E-state index in [-0.39, 0.29) is 20.1 Å². The first-order valence-electron chi connectivity index (χ1n) is 4.79. The average molecular weight is 390 g/mol. The Morgan fingerprint density at radius 3 is 2.69 bits per heavy atom. The second kappa shape index (κ2) is 5.78. The fourth-order valence-electron chi connectivity index (χ4n) is 1.48. The van der Waals surface area contributed by atoms with Gasteiger partial charge in [-0.1, -0.05) is 24.6 Å². The molecule has 2 rings (SSSR count). The van der Waals surface area contributed by atoms with Gasteiger partial charge in [0.1, 0.15) is 0 Å². The van der Waals surface area contributed by atoms with E-state index in [4.69, 9.17) is 4.74 Å². The largest absolute Gasteiger partial charge is 0.540 e. The first-order chi connectivity index (χ1) is 7.31. The van der Waals surface area contributed by atoms with Gasteiger partial charge in [0, 0.05) is 32.1 Å². The standard InChI is InChI=1S/C13H12NO.Ir/c1-10-9-11(6-7-13(10)15-2)12-5-3-4-8-14-12;/h3-5,7-9H,1-2H3;/q-1;. The van der Waals surface area contributed by atoms with Crippen LogP contribution in [-0.2, 0) is 20.1 Å². The van der Waals surface area contributed by atoms with Crippen LogP contribution in [0.15, 0.2) is 36.5 Å². The van der Waals surface area contributed by atoms with Crippen LogP contribution >= 0.6 is 0 Å². The number of methoxy groups -OCH3 is 1. The van der Waals surface area contributed by atoms with Crippen LogP contribution in [0.3, 0.4) is 0 Å². The number of ether oxygens (including phenoxy) is 1. The number of rotatable bonds is 2. The van der Waals surface area contributed by atoms with Crippen LogP contribution in [0, 0.1) is 13.0 Å². The van der Waals surface area contributed by atoms with Crippen LogP contribution < -0.4 is 4.74 Å². The minimum Gasteiger partial charge on any atom is -0.540 e. The summed E-state index contributed by atoms with van der Waals surface area (Å²) < 4.78 is 5.18. The monoisotopic (exact) mass is 391 g/mol. The Bertz CT molecular complexity index is 457. The van der Waals surface area contributed by atoms with E-state index in [9.17, 15) is 0 Å². The van der Waals surface area contributed by atoms with Crippen molar-refractivity contribution in [2.75, 3.05) is 7.11 Å². The molecule has 1 aromatic carbocycles. The fraction of sp³-hybridized carbons (Fsp3) is 0.154. The van der Waals surface area contributed by atoms with Crippen molar-refractivity contribution in [1.82, 2.24) is 4.98 Å². The fourth-order valence-corrected chi connectivity index (χ4v) is 1.48. The Balaban J connectivity index is 0.00000128. The topological polar surface area (TPSA) is 22.1 Å². The Kier molecular flexibility index (Phi) is 4.66. The summed E-state index contributed by atoms with van der Waals surface area (Å²) in [5, 5.41) is 0. The Labute approximate surface area is 109 Å². The van der Waals surface area contributed by atoms with E-state index in [2.05, 4.69) is 11.1 Å². The van der Waals surface area contributed by atoms with Gasteiger partial charge in [-0.25, -0.2) is 0 Å². The van der Waals surface area contributed by atoms with E-state index in [1.165, 1.54) is 0 Å². The normalized spacial score (nSPS) is 9.38. The first-order valence-corrected chi connectivity index (χ1v) is 4.79. The van der Waals surface area contributed by atoms with E-state index in [1.54, 1.807) is 13.3 Å². The van der Waals surface area contributed by atoms with Crippen molar-refractivity contribution in [1.29, 1.82) is 0 Å². The van der Waals surface area contributed by atoms with E-state index < -0.39 is 0 Å². The predicted octanol–water partition coefficient (Wildman–Crippen LogP) is 2.86. The van der Waals surface area contributed by atoms with Gasteiger partial charge in [0.25, 0.3) is 0 Å². The molecule has 0 aliphatic carbocycles. The average Bonchev–Trinajstić information content (AvgIpc) is 2.30. The molecule has 0 fully saturated rings. The van der Waals surface area contributed by atoms with Crippen LogP contribution in [0.5, 0.6) is 5.75 Å². The number of hydrogen-bond donors (Lipinski definition) is 0. The predicted molar refractivity (Wildman–Crippen MR) is 59.8 cm³/mol. The molecule has 1 radical (unpaired) electrons. The van der Waals surface area contributed by atoms with Crippen molar-refractivity contribution >= 4 is 0 Å². The SMILES string of the molecule is COc1c[c-]c(-c2ccccn2)cc1C.[Ir]. The molecule has 0 saturated heterocycles. The maximum Gasteiger partial charge on any atom is 0.0647 e. The van der Waals surface area contributed by atoms with E-state index >= 15 is 0 Å². The third kappa shape index (κ3) is 2.69. The zero-order valence-electron chi connectivity index (χ0n) is 9.15. The maximum absolute atomic E-state index is 5.18. The number of benzene rings is 1. The first kappa shape index (κ1) is 12.9. The molecule has 2 aromatic rings. The molecule has 0 spiro atoms. The van der Waals surface area contributed by atoms with Crippen LogP contribution in [0.25, 0.3) is 11.3 Å². The van der Waals surface area contributed by atoms with Crippen molar-refractivity contribution in [3.8, 4) is 17.0 Å². The van der Waals surface area contributed by atoms with Gasteiger partial charge in [-0.05, 0) is 11.8 Å². The summed E-state index contributed by atoms with van der Waals surface area (Å²) in [6, 6.07) is 12.9. The molecule has 0 amide bonds. The quantitative estimate of drug-likeness (QED) is 0.736. The molecular formula is C13H12IrNO-. The van der Waals surface area contributed by atoms with Gasteiger partial charge in [0.05, 0.1) is 7.11 Å². The third-order valence-corrected chi connectivity index (χ3v) is 2.27. The molecule has 0 bridgehead atoms. The summed E-state index contributed by atoms with van der Waals surface area (Å²) in [5.41, 5.74) is 3.02. The summed E-state index contributed by atoms with van der Waals surface area (Å²) in [7, 11) is 1.66. The molecule has 1 aromatic heterocycles. The summed E-state index contributed by atoms with van der Waals surface area (Å²) in [5.74, 6) is 0.856. The summed E-state index contributed by atoms with van der Waals surface area (Å²) in [6.07, 6.45) is 1.78. The molecule has 2 nitrogen and oxygen atoms in total. The van der Waals surface area contributed by atoms with Crippen molar-refractivity contribution in [2.24, 2.45) is 0 Å². The number of aromatic nitrogens is 1. The van der Waals surface area contributed by atoms with E-state index in [0.29, 0.717) is 0 Å². The van der Waals surface area contributed by atoms with Crippen LogP contribution in [0.2, 0.25) is 0 Å². The van der Waals surface area contributed by atoms with Gasteiger partial charge in [-0.3, -0.25) is 0 Å². The minimum absolute atomic E-state index is 0.